The molecule has 0 aliphatic heterocycles. The highest BCUT2D eigenvalue weighted by atomic mass is 19.1. The summed E-state index contributed by atoms with van der Waals surface area (Å²) in [5.41, 5.74) is 5.89. The molecular formula is C25H23F. The van der Waals surface area contributed by atoms with Crippen LogP contribution in [-0.2, 0) is 6.42 Å². The molecule has 3 rings (SSSR count). The molecule has 0 nitrogen and oxygen atoms in total. The molecule has 26 heavy (non-hydrogen) atoms. The molecule has 0 spiro atoms. The fraction of sp³-hybridized carbons (Fsp3) is 0.200. The van der Waals surface area contributed by atoms with Crippen LogP contribution in [0.3, 0.4) is 0 Å². The van der Waals surface area contributed by atoms with Crippen molar-refractivity contribution in [3.8, 4) is 34.1 Å². The highest BCUT2D eigenvalue weighted by molar-refractivity contribution is 5.71. The van der Waals surface area contributed by atoms with Gasteiger partial charge in [-0.05, 0) is 46.9 Å². The van der Waals surface area contributed by atoms with Gasteiger partial charge in [-0.25, -0.2) is 4.39 Å². The van der Waals surface area contributed by atoms with Gasteiger partial charge in [-0.1, -0.05) is 80.6 Å². The van der Waals surface area contributed by atoms with Crippen molar-refractivity contribution in [3.63, 3.8) is 0 Å². The number of hydrogen-bond donors (Lipinski definition) is 0. The fourth-order valence-corrected chi connectivity index (χ4v) is 3.02. The lowest BCUT2D eigenvalue weighted by Crippen LogP contribution is -1.89. The van der Waals surface area contributed by atoms with E-state index < -0.39 is 0 Å². The highest BCUT2D eigenvalue weighted by Gasteiger charge is 2.07. The third kappa shape index (κ3) is 4.21. The Morgan fingerprint density at radius 3 is 1.96 bits per heavy atom. The maximum atomic E-state index is 14.4. The SMILES string of the molecule is CCC#Cc1ccc(-c2ccc(-c3ccc(CCC)cc3F)cc2)cc1. The molecule has 0 bridgehead atoms. The van der Waals surface area contributed by atoms with Crippen molar-refractivity contribution in [2.24, 2.45) is 0 Å². The first kappa shape index (κ1) is 18.0. The molecule has 0 saturated heterocycles. The minimum Gasteiger partial charge on any atom is -0.206 e. The van der Waals surface area contributed by atoms with E-state index in [0.717, 1.165) is 47.1 Å². The average molecular weight is 342 g/mol. The normalized spacial score (nSPS) is 10.3. The topological polar surface area (TPSA) is 0 Å². The molecule has 0 radical (unpaired) electrons. The van der Waals surface area contributed by atoms with Gasteiger partial charge in [0.2, 0.25) is 0 Å². The Kier molecular flexibility index (Phi) is 5.87. The zero-order valence-corrected chi connectivity index (χ0v) is 15.4. The largest absolute Gasteiger partial charge is 0.206 e. The van der Waals surface area contributed by atoms with Gasteiger partial charge in [-0.15, -0.1) is 0 Å². The summed E-state index contributed by atoms with van der Waals surface area (Å²) in [6, 6.07) is 21.9. The summed E-state index contributed by atoms with van der Waals surface area (Å²) in [6.45, 7) is 4.15. The Bertz CT molecular complexity index is 923. The van der Waals surface area contributed by atoms with E-state index in [2.05, 4.69) is 30.9 Å². The summed E-state index contributed by atoms with van der Waals surface area (Å²) in [7, 11) is 0. The highest BCUT2D eigenvalue weighted by Crippen LogP contribution is 2.27. The first-order valence-corrected chi connectivity index (χ1v) is 9.19. The zero-order chi connectivity index (χ0) is 18.4. The van der Waals surface area contributed by atoms with Gasteiger partial charge in [0.05, 0.1) is 0 Å². The van der Waals surface area contributed by atoms with Crippen molar-refractivity contribution in [3.05, 3.63) is 83.7 Å². The van der Waals surface area contributed by atoms with Crippen molar-refractivity contribution in [2.75, 3.05) is 0 Å². The molecule has 1 heteroatoms. The summed E-state index contributed by atoms with van der Waals surface area (Å²) in [6.07, 6.45) is 2.80. The van der Waals surface area contributed by atoms with Gasteiger partial charge in [0.15, 0.2) is 0 Å². The second-order valence-electron chi connectivity index (χ2n) is 6.37. The van der Waals surface area contributed by atoms with E-state index in [9.17, 15) is 4.39 Å². The van der Waals surface area contributed by atoms with Gasteiger partial charge < -0.3 is 0 Å². The first-order valence-electron chi connectivity index (χ1n) is 9.19. The van der Waals surface area contributed by atoms with Crippen LogP contribution in [0.4, 0.5) is 4.39 Å². The maximum Gasteiger partial charge on any atom is 0.131 e. The Morgan fingerprint density at radius 2 is 1.38 bits per heavy atom. The number of rotatable bonds is 4. The first-order chi connectivity index (χ1) is 12.7. The summed E-state index contributed by atoms with van der Waals surface area (Å²) < 4.78 is 14.4. The summed E-state index contributed by atoms with van der Waals surface area (Å²) in [5, 5.41) is 0. The van der Waals surface area contributed by atoms with Gasteiger partial charge >= 0.3 is 0 Å². The van der Waals surface area contributed by atoms with E-state index in [1.807, 2.05) is 55.5 Å². The van der Waals surface area contributed by atoms with Crippen molar-refractivity contribution in [2.45, 2.75) is 33.1 Å². The van der Waals surface area contributed by atoms with Crippen LogP contribution in [0.1, 0.15) is 37.8 Å². The van der Waals surface area contributed by atoms with Crippen molar-refractivity contribution < 1.29 is 4.39 Å². The van der Waals surface area contributed by atoms with E-state index in [4.69, 9.17) is 0 Å². The molecule has 0 fully saturated rings. The van der Waals surface area contributed by atoms with E-state index in [-0.39, 0.29) is 5.82 Å². The molecule has 0 heterocycles. The molecular weight excluding hydrogens is 319 g/mol. The molecule has 130 valence electrons. The van der Waals surface area contributed by atoms with Gasteiger partial charge in [0.1, 0.15) is 5.82 Å². The lowest BCUT2D eigenvalue weighted by atomic mass is 9.98. The molecule has 0 amide bonds. The van der Waals surface area contributed by atoms with E-state index in [1.165, 1.54) is 0 Å². The van der Waals surface area contributed by atoms with Gasteiger partial charge in [-0.3, -0.25) is 0 Å². The Labute approximate surface area is 155 Å². The van der Waals surface area contributed by atoms with Crippen LogP contribution in [0, 0.1) is 17.7 Å². The predicted molar refractivity (Wildman–Crippen MR) is 108 cm³/mol. The molecule has 0 aliphatic carbocycles. The predicted octanol–water partition coefficient (Wildman–Crippen LogP) is 6.87. The third-order valence-corrected chi connectivity index (χ3v) is 4.40. The summed E-state index contributed by atoms with van der Waals surface area (Å²) in [5.74, 6) is 6.06. The minimum atomic E-state index is -0.150. The molecule has 0 unspecified atom stereocenters. The van der Waals surface area contributed by atoms with Crippen LogP contribution in [0.2, 0.25) is 0 Å². The summed E-state index contributed by atoms with van der Waals surface area (Å²) in [4.78, 5) is 0. The standard InChI is InChI=1S/C25H23F/c1-3-5-7-19-8-11-21(12-9-19)22-13-15-23(16-14-22)24-17-10-20(6-4-2)18-25(24)26/h8-18H,3-4,6H2,1-2H3. The third-order valence-electron chi connectivity index (χ3n) is 4.40. The van der Waals surface area contributed by atoms with Gasteiger partial charge in [0.25, 0.3) is 0 Å². The zero-order valence-electron chi connectivity index (χ0n) is 15.4. The molecule has 0 aromatic heterocycles. The molecule has 0 atom stereocenters. The van der Waals surface area contributed by atoms with Gasteiger partial charge in [0, 0.05) is 17.5 Å². The number of halogens is 1. The van der Waals surface area contributed by atoms with Crippen molar-refractivity contribution >= 4 is 0 Å². The average Bonchev–Trinajstić information content (AvgIpc) is 2.67. The van der Waals surface area contributed by atoms with Crippen LogP contribution in [0.25, 0.3) is 22.3 Å². The number of benzene rings is 3. The number of aryl methyl sites for hydroxylation is 1. The number of hydrogen-bond acceptors (Lipinski definition) is 0. The molecule has 0 aliphatic rings. The molecule has 0 saturated carbocycles. The van der Waals surface area contributed by atoms with E-state index in [0.29, 0.717) is 5.56 Å². The summed E-state index contributed by atoms with van der Waals surface area (Å²) >= 11 is 0. The van der Waals surface area contributed by atoms with Crippen LogP contribution in [-0.4, -0.2) is 0 Å². The van der Waals surface area contributed by atoms with E-state index >= 15 is 0 Å². The van der Waals surface area contributed by atoms with Crippen molar-refractivity contribution in [1.82, 2.24) is 0 Å². The van der Waals surface area contributed by atoms with Crippen LogP contribution >= 0.6 is 0 Å². The van der Waals surface area contributed by atoms with Crippen LogP contribution < -0.4 is 0 Å². The Morgan fingerprint density at radius 1 is 0.769 bits per heavy atom. The molecule has 3 aromatic rings. The second-order valence-corrected chi connectivity index (χ2v) is 6.37. The monoisotopic (exact) mass is 342 g/mol. The Balaban J connectivity index is 1.82. The minimum absolute atomic E-state index is 0.150. The maximum absolute atomic E-state index is 14.4. The van der Waals surface area contributed by atoms with E-state index in [1.54, 1.807) is 6.07 Å². The lowest BCUT2D eigenvalue weighted by Gasteiger charge is -2.08. The Hall–Kier alpha value is -2.85. The molecule has 3 aromatic carbocycles. The van der Waals surface area contributed by atoms with Crippen LogP contribution in [0.15, 0.2) is 66.7 Å². The second kappa shape index (κ2) is 8.50. The smallest absolute Gasteiger partial charge is 0.131 e. The quantitative estimate of drug-likeness (QED) is 0.454. The fourth-order valence-electron chi connectivity index (χ4n) is 3.02. The van der Waals surface area contributed by atoms with Crippen LogP contribution in [0.5, 0.6) is 0 Å². The molecule has 0 N–H and O–H groups in total. The van der Waals surface area contributed by atoms with Crippen molar-refractivity contribution in [1.29, 1.82) is 0 Å². The lowest BCUT2D eigenvalue weighted by molar-refractivity contribution is 0.628. The van der Waals surface area contributed by atoms with Gasteiger partial charge in [-0.2, -0.15) is 0 Å².